The van der Waals surface area contributed by atoms with E-state index in [0.29, 0.717) is 0 Å². The van der Waals surface area contributed by atoms with Crippen molar-refractivity contribution in [2.45, 2.75) is 0 Å². The van der Waals surface area contributed by atoms with Gasteiger partial charge in [0.2, 0.25) is 0 Å². The summed E-state index contributed by atoms with van der Waals surface area (Å²) in [5, 5.41) is 3.09. The summed E-state index contributed by atoms with van der Waals surface area (Å²) in [6.07, 6.45) is -1.35. The summed E-state index contributed by atoms with van der Waals surface area (Å²) >= 11 is 0. The minimum atomic E-state index is -4.26. The molecule has 0 aromatic carbocycles. The summed E-state index contributed by atoms with van der Waals surface area (Å²) in [6.45, 7) is 0. The molecule has 0 aliphatic carbocycles. The van der Waals surface area contributed by atoms with Crippen molar-refractivity contribution in [3.8, 4) is 6.01 Å². The van der Waals surface area contributed by atoms with E-state index < -0.39 is 21.3 Å². The number of nitrogens with zero attached hydrogens (tertiary/aromatic N) is 3. The summed E-state index contributed by atoms with van der Waals surface area (Å²) in [7, 11) is 1.68. The molecule has 0 spiro atoms. The largest absolute Gasteiger partial charge is 0.466 e. The maximum atomic E-state index is 12.5. The Hall–Kier alpha value is -0.890. The van der Waals surface area contributed by atoms with E-state index in [1.54, 1.807) is 0 Å². The Bertz CT molecular complexity index is 387. The molecule has 0 amide bonds. The van der Waals surface area contributed by atoms with Crippen LogP contribution in [0.2, 0.25) is 0 Å². The lowest BCUT2D eigenvalue weighted by atomic mass is 11.1. The fraction of sp³-hybridized carbons (Fsp3) is 0.333. The monoisotopic (exact) mass is 215 g/mol. The maximum absolute atomic E-state index is 12.5. The van der Waals surface area contributed by atoms with Crippen molar-refractivity contribution in [2.75, 3.05) is 7.11 Å². The fourth-order valence-corrected chi connectivity index (χ4v) is 1.14. The molecule has 0 aliphatic heterocycles. The van der Waals surface area contributed by atoms with Gasteiger partial charge >= 0.3 is 21.3 Å². The van der Waals surface area contributed by atoms with Gasteiger partial charge in [0.05, 0.1) is 7.11 Å². The van der Waals surface area contributed by atoms with E-state index in [1.807, 2.05) is 0 Å². The third-order valence-corrected chi connectivity index (χ3v) is 1.95. The quantitative estimate of drug-likeness (QED) is 0.637. The molecule has 68 valence electrons. The lowest BCUT2D eigenvalue weighted by Crippen LogP contribution is -2.09. The van der Waals surface area contributed by atoms with Crippen LogP contribution in [0.15, 0.2) is 0 Å². The third-order valence-electron chi connectivity index (χ3n) is 0.911. The van der Waals surface area contributed by atoms with Crippen molar-refractivity contribution in [3.63, 3.8) is 0 Å². The molecule has 0 aliphatic rings. The van der Waals surface area contributed by atoms with Crippen molar-refractivity contribution < 1.29 is 17.5 Å². The molecule has 0 saturated heterocycles. The maximum Gasteiger partial charge on any atom is 0.344 e. The minimum Gasteiger partial charge on any atom is -0.466 e. The van der Waals surface area contributed by atoms with E-state index in [-0.39, 0.29) is 4.09 Å². The van der Waals surface area contributed by atoms with Crippen LogP contribution in [0.5, 0.6) is 6.01 Å². The van der Waals surface area contributed by atoms with Gasteiger partial charge in [0, 0.05) is 10.7 Å². The average molecular weight is 216 g/mol. The summed E-state index contributed by atoms with van der Waals surface area (Å²) in [6, 6.07) is -0.406. The second-order valence-electron chi connectivity index (χ2n) is 1.65. The molecule has 0 bridgehead atoms. The first-order valence-corrected chi connectivity index (χ1v) is 4.83. The van der Waals surface area contributed by atoms with E-state index in [1.165, 1.54) is 7.11 Å². The van der Waals surface area contributed by atoms with Crippen LogP contribution in [-0.2, 0) is 9.24 Å². The molecule has 12 heavy (non-hydrogen) atoms. The highest BCUT2D eigenvalue weighted by atomic mass is 35.7. The van der Waals surface area contributed by atoms with Crippen molar-refractivity contribution in [1.29, 1.82) is 0 Å². The van der Waals surface area contributed by atoms with E-state index in [9.17, 15) is 12.8 Å². The lowest BCUT2D eigenvalue weighted by molar-refractivity contribution is 0.378. The molecule has 1 aromatic heterocycles. The zero-order valence-electron chi connectivity index (χ0n) is 5.73. The molecule has 0 radical (unpaired) electrons. The van der Waals surface area contributed by atoms with Gasteiger partial charge in [0.25, 0.3) is 0 Å². The number of hydrogen-bond donors (Lipinski definition) is 0. The van der Waals surface area contributed by atoms with Crippen LogP contribution in [0.1, 0.15) is 0 Å². The predicted octanol–water partition coefficient (Wildman–Crippen LogP) is -0.242. The van der Waals surface area contributed by atoms with Gasteiger partial charge in [0.15, 0.2) is 0 Å². The molecule has 0 saturated carbocycles. The van der Waals surface area contributed by atoms with Crippen LogP contribution in [0.3, 0.4) is 0 Å². The van der Waals surface area contributed by atoms with E-state index in [0.717, 1.165) is 0 Å². The topological polar surface area (TPSA) is 74.1 Å². The first-order chi connectivity index (χ1) is 5.45. The molecule has 1 rings (SSSR count). The molecule has 0 atom stereocenters. The fourth-order valence-electron chi connectivity index (χ4n) is 0.488. The van der Waals surface area contributed by atoms with Crippen molar-refractivity contribution >= 4 is 19.9 Å². The summed E-state index contributed by atoms with van der Waals surface area (Å²) < 4.78 is 37.9. The Morgan fingerprint density at radius 1 is 1.67 bits per heavy atom. The summed E-state index contributed by atoms with van der Waals surface area (Å²) in [4.78, 5) is 2.99. The zero-order chi connectivity index (χ0) is 9.35. The van der Waals surface area contributed by atoms with Gasteiger partial charge in [0.1, 0.15) is 0 Å². The van der Waals surface area contributed by atoms with Crippen LogP contribution >= 0.6 is 10.7 Å². The molecule has 0 unspecified atom stereocenters. The van der Waals surface area contributed by atoms with E-state index in [4.69, 9.17) is 10.7 Å². The van der Waals surface area contributed by atoms with E-state index in [2.05, 4.69) is 14.8 Å². The van der Waals surface area contributed by atoms with Crippen LogP contribution in [0.4, 0.5) is 4.39 Å². The normalized spacial score (nSPS) is 11.6. The Morgan fingerprint density at radius 3 is 2.50 bits per heavy atom. The van der Waals surface area contributed by atoms with Gasteiger partial charge in [-0.15, -0.1) is 4.98 Å². The second-order valence-corrected chi connectivity index (χ2v) is 3.99. The Balaban J connectivity index is 3.27. The van der Waals surface area contributed by atoms with Gasteiger partial charge in [-0.2, -0.15) is 12.8 Å². The molecular weight excluding hydrogens is 213 g/mol. The van der Waals surface area contributed by atoms with Crippen LogP contribution in [0, 0.1) is 6.08 Å². The Labute approximate surface area is 71.5 Å². The average Bonchev–Trinajstić information content (AvgIpc) is 2.29. The molecule has 1 heterocycles. The first-order valence-electron chi connectivity index (χ1n) is 2.57. The molecule has 1 aromatic rings. The Kier molecular flexibility index (Phi) is 2.20. The van der Waals surface area contributed by atoms with Gasteiger partial charge < -0.3 is 4.74 Å². The van der Waals surface area contributed by atoms with Crippen LogP contribution in [-0.4, -0.2) is 29.7 Å². The van der Waals surface area contributed by atoms with Crippen LogP contribution in [0.25, 0.3) is 0 Å². The number of ether oxygens (including phenoxy) is 1. The third kappa shape index (κ3) is 1.64. The highest BCUT2D eigenvalue weighted by Gasteiger charge is 2.19. The summed E-state index contributed by atoms with van der Waals surface area (Å²) in [5.41, 5.74) is 0. The number of halogens is 2. The first kappa shape index (κ1) is 9.20. The molecule has 0 fully saturated rings. The molecule has 9 heteroatoms. The molecule has 0 N–H and O–H groups in total. The standard InChI is InChI=1S/C3H3ClFN3O3S/c1-11-3-6-2(5)8(7-3)12(4,9)10/h1H3. The summed E-state index contributed by atoms with van der Waals surface area (Å²) in [5.74, 6) is 0. The number of methoxy groups -OCH3 is 1. The van der Waals surface area contributed by atoms with Gasteiger partial charge in [-0.3, -0.25) is 0 Å². The predicted molar refractivity (Wildman–Crippen MR) is 36.7 cm³/mol. The molecular formula is C3H3ClFN3O3S. The SMILES string of the molecule is COc1nc(F)n(S(=O)(=O)Cl)n1. The zero-order valence-corrected chi connectivity index (χ0v) is 7.30. The van der Waals surface area contributed by atoms with Gasteiger partial charge in [-0.05, 0) is 0 Å². The number of hydrogen-bond acceptors (Lipinski definition) is 5. The highest BCUT2D eigenvalue weighted by Crippen LogP contribution is 2.08. The second kappa shape index (κ2) is 2.87. The smallest absolute Gasteiger partial charge is 0.344 e. The van der Waals surface area contributed by atoms with Gasteiger partial charge in [-0.25, -0.2) is 0 Å². The lowest BCUT2D eigenvalue weighted by Gasteiger charge is -1.90. The van der Waals surface area contributed by atoms with Crippen LogP contribution < -0.4 is 4.74 Å². The van der Waals surface area contributed by atoms with Crippen molar-refractivity contribution in [2.24, 2.45) is 0 Å². The molecule has 6 nitrogen and oxygen atoms in total. The highest BCUT2D eigenvalue weighted by molar-refractivity contribution is 8.12. The minimum absolute atomic E-state index is 0.0760. The number of aromatic nitrogens is 3. The number of rotatable bonds is 2. The van der Waals surface area contributed by atoms with Crippen molar-refractivity contribution in [1.82, 2.24) is 14.2 Å². The Morgan fingerprint density at radius 2 is 2.25 bits per heavy atom. The van der Waals surface area contributed by atoms with Gasteiger partial charge in [-0.1, -0.05) is 9.19 Å². The van der Waals surface area contributed by atoms with Crippen molar-refractivity contribution in [3.05, 3.63) is 6.08 Å². The van der Waals surface area contributed by atoms with E-state index >= 15 is 0 Å².